The molecule has 118 valence electrons. The number of amides is 1. The summed E-state index contributed by atoms with van der Waals surface area (Å²) in [5.74, 6) is 0.790. The van der Waals surface area contributed by atoms with Gasteiger partial charge >= 0.3 is 0 Å². The number of hydrogen-bond acceptors (Lipinski definition) is 4. The molecular formula is C18H18N2O2S. The number of rotatable bonds is 4. The molecular weight excluding hydrogens is 308 g/mol. The van der Waals surface area contributed by atoms with E-state index in [0.717, 1.165) is 27.5 Å². The van der Waals surface area contributed by atoms with E-state index in [2.05, 4.69) is 11.1 Å². The van der Waals surface area contributed by atoms with Gasteiger partial charge in [0.05, 0.1) is 10.2 Å². The van der Waals surface area contributed by atoms with Crippen LogP contribution in [0.25, 0.3) is 10.2 Å². The Bertz CT molecular complexity index is 824. The first-order chi connectivity index (χ1) is 11.0. The molecule has 0 N–H and O–H groups in total. The third-order valence-electron chi connectivity index (χ3n) is 3.70. The van der Waals surface area contributed by atoms with Gasteiger partial charge in [-0.2, -0.15) is 0 Å². The first-order valence-corrected chi connectivity index (χ1v) is 8.18. The molecule has 0 aliphatic rings. The number of para-hydroxylation sites is 1. The predicted octanol–water partition coefficient (Wildman–Crippen LogP) is 4.17. The van der Waals surface area contributed by atoms with Crippen molar-refractivity contribution in [2.45, 2.75) is 20.5 Å². The Morgan fingerprint density at radius 2 is 2.04 bits per heavy atom. The lowest BCUT2D eigenvalue weighted by molar-refractivity contribution is -0.116. The topological polar surface area (TPSA) is 42.4 Å². The van der Waals surface area contributed by atoms with Crippen molar-refractivity contribution in [1.82, 2.24) is 4.98 Å². The van der Waals surface area contributed by atoms with Crippen LogP contribution in [-0.2, 0) is 11.4 Å². The van der Waals surface area contributed by atoms with E-state index in [1.165, 1.54) is 4.70 Å². The number of aromatic nitrogens is 1. The number of benzene rings is 2. The maximum absolute atomic E-state index is 11.5. The van der Waals surface area contributed by atoms with Crippen molar-refractivity contribution >= 4 is 33.1 Å². The molecule has 5 heteroatoms. The van der Waals surface area contributed by atoms with E-state index in [1.807, 2.05) is 43.3 Å². The van der Waals surface area contributed by atoms with Crippen LogP contribution in [0.15, 0.2) is 42.5 Å². The Labute approximate surface area is 139 Å². The molecule has 4 nitrogen and oxygen atoms in total. The number of carbonyl (C=O) groups is 1. The van der Waals surface area contributed by atoms with Crippen LogP contribution in [0.2, 0.25) is 0 Å². The molecule has 1 heterocycles. The molecule has 0 saturated heterocycles. The van der Waals surface area contributed by atoms with E-state index in [4.69, 9.17) is 4.74 Å². The summed E-state index contributed by atoms with van der Waals surface area (Å²) in [5, 5.41) is 0.953. The van der Waals surface area contributed by atoms with Crippen LogP contribution in [0.4, 0.5) is 5.69 Å². The number of thiazole rings is 1. The van der Waals surface area contributed by atoms with Crippen LogP contribution >= 0.6 is 11.3 Å². The quantitative estimate of drug-likeness (QED) is 0.723. The van der Waals surface area contributed by atoms with Crippen LogP contribution in [0.5, 0.6) is 5.75 Å². The molecule has 0 radical (unpaired) electrons. The summed E-state index contributed by atoms with van der Waals surface area (Å²) in [7, 11) is 1.77. The van der Waals surface area contributed by atoms with E-state index in [-0.39, 0.29) is 5.91 Å². The van der Waals surface area contributed by atoms with Gasteiger partial charge in [-0.25, -0.2) is 4.98 Å². The molecule has 23 heavy (non-hydrogen) atoms. The van der Waals surface area contributed by atoms with Gasteiger partial charge < -0.3 is 9.64 Å². The number of anilines is 1. The summed E-state index contributed by atoms with van der Waals surface area (Å²) in [6, 6.07) is 13.8. The van der Waals surface area contributed by atoms with Crippen LogP contribution < -0.4 is 9.64 Å². The van der Waals surface area contributed by atoms with Gasteiger partial charge in [0.25, 0.3) is 0 Å². The zero-order chi connectivity index (χ0) is 16.4. The summed E-state index contributed by atoms with van der Waals surface area (Å²) >= 11 is 1.64. The second-order valence-electron chi connectivity index (χ2n) is 5.39. The van der Waals surface area contributed by atoms with Crippen LogP contribution in [-0.4, -0.2) is 17.9 Å². The molecule has 2 aromatic carbocycles. The van der Waals surface area contributed by atoms with Gasteiger partial charge in [-0.1, -0.05) is 12.1 Å². The number of carbonyl (C=O) groups excluding carboxylic acids is 1. The molecule has 0 fully saturated rings. The highest BCUT2D eigenvalue weighted by Crippen LogP contribution is 2.26. The zero-order valence-electron chi connectivity index (χ0n) is 13.4. The third kappa shape index (κ3) is 3.35. The van der Waals surface area contributed by atoms with Gasteiger partial charge in [-0.15, -0.1) is 11.3 Å². The first kappa shape index (κ1) is 15.5. The highest BCUT2D eigenvalue weighted by molar-refractivity contribution is 7.18. The first-order valence-electron chi connectivity index (χ1n) is 7.37. The molecule has 3 rings (SSSR count). The minimum atomic E-state index is 0.0104. The van der Waals surface area contributed by atoms with E-state index < -0.39 is 0 Å². The van der Waals surface area contributed by atoms with Crippen molar-refractivity contribution in [2.75, 3.05) is 11.9 Å². The van der Waals surface area contributed by atoms with Gasteiger partial charge in [-0.05, 0) is 42.8 Å². The Hall–Kier alpha value is -2.40. The maximum atomic E-state index is 11.5. The highest BCUT2D eigenvalue weighted by atomic mass is 32.1. The average molecular weight is 326 g/mol. The molecule has 0 bridgehead atoms. The summed E-state index contributed by atoms with van der Waals surface area (Å²) in [4.78, 5) is 17.7. The number of fused-ring (bicyclic) bond motifs is 1. The van der Waals surface area contributed by atoms with Crippen molar-refractivity contribution < 1.29 is 9.53 Å². The minimum absolute atomic E-state index is 0.0104. The van der Waals surface area contributed by atoms with E-state index in [9.17, 15) is 4.79 Å². The summed E-state index contributed by atoms with van der Waals surface area (Å²) < 4.78 is 7.01. The lowest BCUT2D eigenvalue weighted by Gasteiger charge is -2.18. The predicted molar refractivity (Wildman–Crippen MR) is 94.2 cm³/mol. The molecule has 3 aromatic rings. The van der Waals surface area contributed by atoms with Gasteiger partial charge in [-0.3, -0.25) is 4.79 Å². The fraction of sp³-hybridized carbons (Fsp3) is 0.222. The summed E-state index contributed by atoms with van der Waals surface area (Å²) in [5.41, 5.74) is 2.90. The summed E-state index contributed by atoms with van der Waals surface area (Å²) in [6.45, 7) is 3.97. The van der Waals surface area contributed by atoms with Crippen molar-refractivity contribution in [2.24, 2.45) is 0 Å². The monoisotopic (exact) mass is 326 g/mol. The van der Waals surface area contributed by atoms with Gasteiger partial charge in [0, 0.05) is 19.7 Å². The third-order valence-corrected chi connectivity index (χ3v) is 4.71. The van der Waals surface area contributed by atoms with Gasteiger partial charge in [0.2, 0.25) is 5.91 Å². The Morgan fingerprint density at radius 1 is 1.26 bits per heavy atom. The average Bonchev–Trinajstić information content (AvgIpc) is 2.95. The van der Waals surface area contributed by atoms with Crippen molar-refractivity contribution in [3.05, 3.63) is 53.0 Å². The smallest absolute Gasteiger partial charge is 0.223 e. The maximum Gasteiger partial charge on any atom is 0.223 e. The van der Waals surface area contributed by atoms with E-state index in [1.54, 1.807) is 30.2 Å². The minimum Gasteiger partial charge on any atom is -0.486 e. The SMILES string of the molecule is CC(=O)N(C)c1ccc(OCc2nc3ccccc3s2)cc1C. The Kier molecular flexibility index (Phi) is 4.30. The number of nitrogens with zero attached hydrogens (tertiary/aromatic N) is 2. The van der Waals surface area contributed by atoms with Crippen LogP contribution in [0, 0.1) is 6.92 Å². The summed E-state index contributed by atoms with van der Waals surface area (Å²) in [6.07, 6.45) is 0. The molecule has 0 aliphatic carbocycles. The lowest BCUT2D eigenvalue weighted by Crippen LogP contribution is -2.23. The van der Waals surface area contributed by atoms with E-state index in [0.29, 0.717) is 6.61 Å². The largest absolute Gasteiger partial charge is 0.486 e. The normalized spacial score (nSPS) is 10.7. The molecule has 0 unspecified atom stereocenters. The lowest BCUT2D eigenvalue weighted by atomic mass is 10.1. The number of hydrogen-bond donors (Lipinski definition) is 0. The van der Waals surface area contributed by atoms with Crippen molar-refractivity contribution in [1.29, 1.82) is 0 Å². The second-order valence-corrected chi connectivity index (χ2v) is 6.51. The van der Waals surface area contributed by atoms with E-state index >= 15 is 0 Å². The van der Waals surface area contributed by atoms with Crippen molar-refractivity contribution in [3.8, 4) is 5.75 Å². The molecule has 1 aromatic heterocycles. The molecule has 0 aliphatic heterocycles. The highest BCUT2D eigenvalue weighted by Gasteiger charge is 2.10. The van der Waals surface area contributed by atoms with Crippen molar-refractivity contribution in [3.63, 3.8) is 0 Å². The Morgan fingerprint density at radius 3 is 2.74 bits per heavy atom. The molecule has 1 amide bonds. The standard InChI is InChI=1S/C18H18N2O2S/c1-12-10-14(8-9-16(12)20(3)13(2)21)22-11-18-19-15-6-4-5-7-17(15)23-18/h4-10H,11H2,1-3H3. The number of aryl methyl sites for hydroxylation is 1. The van der Waals surface area contributed by atoms with Gasteiger partial charge in [0.1, 0.15) is 17.4 Å². The van der Waals surface area contributed by atoms with Gasteiger partial charge in [0.15, 0.2) is 0 Å². The fourth-order valence-corrected chi connectivity index (χ4v) is 3.27. The molecule has 0 atom stereocenters. The molecule has 0 saturated carbocycles. The number of ether oxygens (including phenoxy) is 1. The van der Waals surface area contributed by atoms with Crippen LogP contribution in [0.3, 0.4) is 0 Å². The zero-order valence-corrected chi connectivity index (χ0v) is 14.2. The Balaban J connectivity index is 1.73. The molecule has 0 spiro atoms. The second kappa shape index (κ2) is 6.38. The van der Waals surface area contributed by atoms with Crippen LogP contribution in [0.1, 0.15) is 17.5 Å². The fourth-order valence-electron chi connectivity index (χ4n) is 2.39.